The van der Waals surface area contributed by atoms with Gasteiger partial charge in [0.15, 0.2) is 0 Å². The summed E-state index contributed by atoms with van der Waals surface area (Å²) >= 11 is 0. The van der Waals surface area contributed by atoms with E-state index in [1.165, 1.54) is 12.1 Å². The van der Waals surface area contributed by atoms with Crippen LogP contribution in [0.1, 0.15) is 31.2 Å². The molecule has 3 rings (SSSR count). The van der Waals surface area contributed by atoms with Gasteiger partial charge in [-0.15, -0.1) is 0 Å². The van der Waals surface area contributed by atoms with Crippen molar-refractivity contribution in [3.05, 3.63) is 29.8 Å². The third kappa shape index (κ3) is 3.44. The summed E-state index contributed by atoms with van der Waals surface area (Å²) in [5.41, 5.74) is 0.613. The number of nitrogens with zero attached hydrogens (tertiary/aromatic N) is 1. The fourth-order valence-electron chi connectivity index (χ4n) is 2.45. The first-order valence-electron chi connectivity index (χ1n) is 7.29. The average molecular weight is 309 g/mol. The van der Waals surface area contributed by atoms with Gasteiger partial charge in [0.1, 0.15) is 0 Å². The van der Waals surface area contributed by atoms with Gasteiger partial charge in [-0.2, -0.15) is 4.31 Å². The summed E-state index contributed by atoms with van der Waals surface area (Å²) in [7, 11) is -3.45. The molecular formula is C15H19NO4S. The van der Waals surface area contributed by atoms with E-state index in [4.69, 9.17) is 5.11 Å². The van der Waals surface area contributed by atoms with Crippen LogP contribution >= 0.6 is 0 Å². The second-order valence-electron chi connectivity index (χ2n) is 5.96. The maximum absolute atomic E-state index is 12.7. The summed E-state index contributed by atoms with van der Waals surface area (Å²) in [6.45, 7) is 0.629. The molecule has 0 atom stereocenters. The Balaban J connectivity index is 1.80. The van der Waals surface area contributed by atoms with Gasteiger partial charge in [-0.1, -0.05) is 12.1 Å². The fraction of sp³-hybridized carbons (Fsp3) is 0.533. The van der Waals surface area contributed by atoms with Crippen molar-refractivity contribution >= 4 is 16.0 Å². The molecule has 0 radical (unpaired) electrons. The molecule has 0 bridgehead atoms. The van der Waals surface area contributed by atoms with E-state index >= 15 is 0 Å². The Hall–Kier alpha value is -1.40. The molecule has 2 aliphatic rings. The molecule has 2 saturated carbocycles. The van der Waals surface area contributed by atoms with Crippen molar-refractivity contribution in [3.63, 3.8) is 0 Å². The maximum Gasteiger partial charge on any atom is 0.307 e. The van der Waals surface area contributed by atoms with E-state index in [9.17, 15) is 13.2 Å². The Morgan fingerprint density at radius 2 is 1.76 bits per heavy atom. The highest BCUT2D eigenvalue weighted by Gasteiger charge is 2.40. The number of benzene rings is 1. The Bertz CT molecular complexity index is 630. The van der Waals surface area contributed by atoms with Gasteiger partial charge in [-0.3, -0.25) is 4.79 Å². The smallest absolute Gasteiger partial charge is 0.307 e. The summed E-state index contributed by atoms with van der Waals surface area (Å²) in [4.78, 5) is 10.9. The predicted octanol–water partition coefficient (Wildman–Crippen LogP) is 1.88. The van der Waals surface area contributed by atoms with Crippen molar-refractivity contribution in [2.24, 2.45) is 5.92 Å². The topological polar surface area (TPSA) is 74.7 Å². The molecule has 1 aromatic carbocycles. The van der Waals surface area contributed by atoms with Gasteiger partial charge < -0.3 is 5.11 Å². The molecule has 1 N–H and O–H groups in total. The zero-order valence-electron chi connectivity index (χ0n) is 11.7. The van der Waals surface area contributed by atoms with Crippen LogP contribution in [0.5, 0.6) is 0 Å². The van der Waals surface area contributed by atoms with Crippen molar-refractivity contribution < 1.29 is 18.3 Å². The molecule has 21 heavy (non-hydrogen) atoms. The van der Waals surface area contributed by atoms with Crippen molar-refractivity contribution in [1.29, 1.82) is 0 Å². The summed E-state index contributed by atoms with van der Waals surface area (Å²) in [5.74, 6) is -0.398. The molecule has 0 saturated heterocycles. The van der Waals surface area contributed by atoms with Crippen LogP contribution in [0.4, 0.5) is 0 Å². The Morgan fingerprint density at radius 3 is 2.24 bits per heavy atom. The number of rotatable bonds is 7. The first kappa shape index (κ1) is 14.5. The highest BCUT2D eigenvalue weighted by molar-refractivity contribution is 7.89. The highest BCUT2D eigenvalue weighted by atomic mass is 32.2. The lowest BCUT2D eigenvalue weighted by molar-refractivity contribution is -0.136. The van der Waals surface area contributed by atoms with Crippen molar-refractivity contribution in [3.8, 4) is 0 Å². The Morgan fingerprint density at radius 1 is 1.14 bits per heavy atom. The van der Waals surface area contributed by atoms with E-state index in [0.29, 0.717) is 18.0 Å². The van der Waals surface area contributed by atoms with E-state index in [-0.39, 0.29) is 17.4 Å². The number of aliphatic carboxylic acids is 1. The largest absolute Gasteiger partial charge is 0.481 e. The van der Waals surface area contributed by atoms with Crippen molar-refractivity contribution in [2.45, 2.75) is 43.0 Å². The Kier molecular flexibility index (Phi) is 3.75. The van der Waals surface area contributed by atoms with Crippen LogP contribution in [0.3, 0.4) is 0 Å². The molecule has 0 aliphatic heterocycles. The molecule has 5 nitrogen and oxygen atoms in total. The minimum Gasteiger partial charge on any atom is -0.481 e. The molecule has 6 heteroatoms. The summed E-state index contributed by atoms with van der Waals surface area (Å²) in [6, 6.07) is 6.38. The molecule has 0 spiro atoms. The van der Waals surface area contributed by atoms with Crippen LogP contribution in [-0.4, -0.2) is 36.4 Å². The molecule has 2 fully saturated rings. The summed E-state index contributed by atoms with van der Waals surface area (Å²) in [5, 5.41) is 8.74. The van der Waals surface area contributed by atoms with Gasteiger partial charge in [0.05, 0.1) is 11.3 Å². The molecule has 2 aliphatic carbocycles. The van der Waals surface area contributed by atoms with Gasteiger partial charge >= 0.3 is 5.97 Å². The lowest BCUT2D eigenvalue weighted by Crippen LogP contribution is -2.34. The van der Waals surface area contributed by atoms with E-state index in [1.54, 1.807) is 16.4 Å². The van der Waals surface area contributed by atoms with Gasteiger partial charge in [0.25, 0.3) is 0 Å². The van der Waals surface area contributed by atoms with Crippen molar-refractivity contribution in [2.75, 3.05) is 6.54 Å². The minimum absolute atomic E-state index is 0.0886. The second-order valence-corrected chi connectivity index (χ2v) is 7.85. The van der Waals surface area contributed by atoms with E-state index < -0.39 is 16.0 Å². The quantitative estimate of drug-likeness (QED) is 0.834. The molecule has 0 heterocycles. The van der Waals surface area contributed by atoms with Crippen LogP contribution in [0.15, 0.2) is 29.2 Å². The number of carbonyl (C=O) groups is 1. The SMILES string of the molecule is O=C(O)Cc1ccc(S(=O)(=O)N(CC2CC2)C2CC2)cc1. The number of carboxylic acids is 1. The number of hydrogen-bond donors (Lipinski definition) is 1. The van der Waals surface area contributed by atoms with Crippen LogP contribution in [0, 0.1) is 5.92 Å². The molecule has 1 aromatic rings. The minimum atomic E-state index is -3.45. The van der Waals surface area contributed by atoms with Crippen LogP contribution in [0.2, 0.25) is 0 Å². The maximum atomic E-state index is 12.7. The number of sulfonamides is 1. The van der Waals surface area contributed by atoms with Gasteiger partial charge in [-0.25, -0.2) is 8.42 Å². The first-order valence-corrected chi connectivity index (χ1v) is 8.73. The van der Waals surface area contributed by atoms with Gasteiger partial charge in [-0.05, 0) is 49.3 Å². The molecular weight excluding hydrogens is 290 g/mol. The normalized spacial score (nSPS) is 18.9. The summed E-state index contributed by atoms with van der Waals surface area (Å²) in [6.07, 6.45) is 4.05. The lowest BCUT2D eigenvalue weighted by Gasteiger charge is -2.21. The number of hydrogen-bond acceptors (Lipinski definition) is 3. The predicted molar refractivity (Wildman–Crippen MR) is 77.4 cm³/mol. The fourth-order valence-corrected chi connectivity index (χ4v) is 4.21. The van der Waals surface area contributed by atoms with E-state index in [1.807, 2.05) is 0 Å². The van der Waals surface area contributed by atoms with Gasteiger partial charge in [0, 0.05) is 12.6 Å². The second kappa shape index (κ2) is 5.42. The third-order valence-electron chi connectivity index (χ3n) is 3.97. The zero-order valence-corrected chi connectivity index (χ0v) is 12.6. The molecule has 0 aromatic heterocycles. The van der Waals surface area contributed by atoms with E-state index in [2.05, 4.69) is 0 Å². The highest BCUT2D eigenvalue weighted by Crippen LogP contribution is 2.38. The van der Waals surface area contributed by atoms with E-state index in [0.717, 1.165) is 25.7 Å². The van der Waals surface area contributed by atoms with Crippen LogP contribution < -0.4 is 0 Å². The molecule has 0 unspecified atom stereocenters. The average Bonchev–Trinajstić information content (AvgIpc) is 3.29. The third-order valence-corrected chi connectivity index (χ3v) is 5.91. The van der Waals surface area contributed by atoms with Crippen LogP contribution in [-0.2, 0) is 21.2 Å². The Labute approximate surface area is 124 Å². The van der Waals surface area contributed by atoms with Crippen molar-refractivity contribution in [1.82, 2.24) is 4.31 Å². The molecule has 0 amide bonds. The standard InChI is InChI=1S/C15H19NO4S/c17-15(18)9-11-3-7-14(8-4-11)21(19,20)16(13-5-6-13)10-12-1-2-12/h3-4,7-8,12-13H,1-2,5-6,9-10H2,(H,17,18). The number of carboxylic acid groups (broad SMARTS) is 1. The zero-order chi connectivity index (χ0) is 15.0. The first-order chi connectivity index (χ1) is 9.96. The van der Waals surface area contributed by atoms with Crippen LogP contribution in [0.25, 0.3) is 0 Å². The monoisotopic (exact) mass is 309 g/mol. The van der Waals surface area contributed by atoms with Gasteiger partial charge in [0.2, 0.25) is 10.0 Å². The summed E-state index contributed by atoms with van der Waals surface area (Å²) < 4.78 is 27.1. The lowest BCUT2D eigenvalue weighted by atomic mass is 10.2. The molecule has 114 valence electrons.